The van der Waals surface area contributed by atoms with Crippen LogP contribution in [0, 0.1) is 5.92 Å². The van der Waals surface area contributed by atoms with Crippen molar-refractivity contribution in [1.29, 1.82) is 0 Å². The Morgan fingerprint density at radius 1 is 1.71 bits per heavy atom. The van der Waals surface area contributed by atoms with Gasteiger partial charge >= 0.3 is 0 Å². The lowest BCUT2D eigenvalue weighted by atomic mass is 9.92. The van der Waals surface area contributed by atoms with Crippen LogP contribution in [-0.2, 0) is 5.54 Å². The number of rotatable bonds is 3. The van der Waals surface area contributed by atoms with Gasteiger partial charge in [0.25, 0.3) is 0 Å². The van der Waals surface area contributed by atoms with Crippen LogP contribution in [-0.4, -0.2) is 9.55 Å². The highest BCUT2D eigenvalue weighted by Gasteiger charge is 2.37. The summed E-state index contributed by atoms with van der Waals surface area (Å²) in [4.78, 5) is 4.15. The third kappa shape index (κ3) is 1.49. The van der Waals surface area contributed by atoms with Gasteiger partial charge in [0.15, 0.2) is 0 Å². The molecular formula is C12H18N2. The summed E-state index contributed by atoms with van der Waals surface area (Å²) in [5.74, 6) is 0.831. The Morgan fingerprint density at radius 2 is 2.57 bits per heavy atom. The summed E-state index contributed by atoms with van der Waals surface area (Å²) in [5.41, 5.74) is 0.275. The van der Waals surface area contributed by atoms with Crippen LogP contribution in [0.3, 0.4) is 0 Å². The molecule has 2 rings (SSSR count). The maximum absolute atomic E-state index is 4.15. The first-order valence-electron chi connectivity index (χ1n) is 5.36. The molecule has 0 N–H and O–H groups in total. The zero-order valence-corrected chi connectivity index (χ0v) is 8.82. The Hall–Kier alpha value is -1.05. The van der Waals surface area contributed by atoms with Gasteiger partial charge in [-0.05, 0) is 31.6 Å². The van der Waals surface area contributed by atoms with E-state index in [0.29, 0.717) is 0 Å². The summed E-state index contributed by atoms with van der Waals surface area (Å²) in [7, 11) is 0. The lowest BCUT2D eigenvalue weighted by molar-refractivity contribution is 0.286. The summed E-state index contributed by atoms with van der Waals surface area (Å²) >= 11 is 0. The molecule has 0 saturated heterocycles. The minimum atomic E-state index is 0.275. The van der Waals surface area contributed by atoms with Gasteiger partial charge in [0, 0.05) is 17.9 Å². The van der Waals surface area contributed by atoms with E-state index in [2.05, 4.69) is 29.3 Å². The molecule has 0 radical (unpaired) electrons. The molecule has 0 spiro atoms. The molecule has 0 aromatic carbocycles. The van der Waals surface area contributed by atoms with Crippen molar-refractivity contribution < 1.29 is 0 Å². The summed E-state index contributed by atoms with van der Waals surface area (Å²) in [6.45, 7) is 6.21. The van der Waals surface area contributed by atoms with E-state index in [0.717, 1.165) is 12.3 Å². The zero-order chi connectivity index (χ0) is 10.0. The Kier molecular flexibility index (Phi) is 2.44. The van der Waals surface area contributed by atoms with Gasteiger partial charge in [0.2, 0.25) is 0 Å². The summed E-state index contributed by atoms with van der Waals surface area (Å²) in [6.07, 6.45) is 12.8. The quantitative estimate of drug-likeness (QED) is 0.670. The van der Waals surface area contributed by atoms with E-state index in [1.807, 2.05) is 18.6 Å². The van der Waals surface area contributed by atoms with Crippen molar-refractivity contribution in [3.63, 3.8) is 0 Å². The molecule has 2 unspecified atom stereocenters. The molecule has 1 heterocycles. The molecule has 1 saturated carbocycles. The first-order valence-corrected chi connectivity index (χ1v) is 5.36. The largest absolute Gasteiger partial charge is 0.331 e. The number of hydrogen-bond acceptors (Lipinski definition) is 1. The second-order valence-electron chi connectivity index (χ2n) is 4.54. The van der Waals surface area contributed by atoms with Crippen LogP contribution >= 0.6 is 0 Å². The van der Waals surface area contributed by atoms with Crippen molar-refractivity contribution in [3.8, 4) is 0 Å². The maximum Gasteiger partial charge on any atom is 0.0951 e. The van der Waals surface area contributed by atoms with E-state index < -0.39 is 0 Å². The molecule has 0 amide bonds. The average molecular weight is 190 g/mol. The molecule has 2 atom stereocenters. The van der Waals surface area contributed by atoms with E-state index >= 15 is 0 Å². The second-order valence-corrected chi connectivity index (χ2v) is 4.54. The van der Waals surface area contributed by atoms with Crippen LogP contribution in [0.15, 0.2) is 31.4 Å². The first-order chi connectivity index (χ1) is 6.77. The topological polar surface area (TPSA) is 17.8 Å². The first kappa shape index (κ1) is 9.50. The lowest BCUT2D eigenvalue weighted by Gasteiger charge is -2.29. The summed E-state index contributed by atoms with van der Waals surface area (Å²) < 4.78 is 2.28. The second kappa shape index (κ2) is 3.60. The highest BCUT2D eigenvalue weighted by atomic mass is 15.1. The molecule has 1 aromatic rings. The van der Waals surface area contributed by atoms with Gasteiger partial charge in [-0.2, -0.15) is 0 Å². The van der Waals surface area contributed by atoms with Crippen molar-refractivity contribution in [3.05, 3.63) is 31.4 Å². The maximum atomic E-state index is 4.15. The third-order valence-corrected chi connectivity index (χ3v) is 3.41. The van der Waals surface area contributed by atoms with Gasteiger partial charge in [-0.3, -0.25) is 0 Å². The van der Waals surface area contributed by atoms with Crippen molar-refractivity contribution in [2.24, 2.45) is 5.92 Å². The molecule has 76 valence electrons. The molecule has 0 aliphatic heterocycles. The minimum absolute atomic E-state index is 0.275. The van der Waals surface area contributed by atoms with Gasteiger partial charge in [-0.25, -0.2) is 4.98 Å². The van der Waals surface area contributed by atoms with E-state index in [1.165, 1.54) is 19.3 Å². The number of nitrogens with zero attached hydrogens (tertiary/aromatic N) is 2. The molecule has 1 aliphatic rings. The number of allylic oxidation sites excluding steroid dienone is 1. The third-order valence-electron chi connectivity index (χ3n) is 3.41. The fourth-order valence-corrected chi connectivity index (χ4v) is 2.70. The van der Waals surface area contributed by atoms with E-state index in [1.54, 1.807) is 0 Å². The van der Waals surface area contributed by atoms with E-state index in [-0.39, 0.29) is 5.54 Å². The molecular weight excluding hydrogens is 172 g/mol. The molecule has 2 heteroatoms. The van der Waals surface area contributed by atoms with Gasteiger partial charge in [0.05, 0.1) is 6.33 Å². The van der Waals surface area contributed by atoms with Crippen LogP contribution in [0.1, 0.15) is 32.6 Å². The molecule has 0 bridgehead atoms. The van der Waals surface area contributed by atoms with Gasteiger partial charge in [0.1, 0.15) is 0 Å². The van der Waals surface area contributed by atoms with Crippen molar-refractivity contribution in [2.45, 2.75) is 38.1 Å². The number of hydrogen-bond donors (Lipinski definition) is 0. The molecule has 2 nitrogen and oxygen atoms in total. The fourth-order valence-electron chi connectivity index (χ4n) is 2.70. The van der Waals surface area contributed by atoms with Crippen molar-refractivity contribution in [2.75, 3.05) is 0 Å². The molecule has 1 aromatic heterocycles. The fraction of sp³-hybridized carbons (Fsp3) is 0.583. The Balaban J connectivity index is 2.27. The zero-order valence-electron chi connectivity index (χ0n) is 8.82. The Labute approximate surface area is 85.7 Å². The number of imidazole rings is 1. The van der Waals surface area contributed by atoms with Crippen molar-refractivity contribution >= 4 is 0 Å². The van der Waals surface area contributed by atoms with Crippen LogP contribution in [0.25, 0.3) is 0 Å². The molecule has 1 aliphatic carbocycles. The SMILES string of the molecule is C=CCC1(n2ccnc2)CCC(C)C1. The average Bonchev–Trinajstić information content (AvgIpc) is 2.75. The van der Waals surface area contributed by atoms with Crippen LogP contribution < -0.4 is 0 Å². The van der Waals surface area contributed by atoms with Crippen LogP contribution in [0.2, 0.25) is 0 Å². The van der Waals surface area contributed by atoms with Gasteiger partial charge < -0.3 is 4.57 Å². The highest BCUT2D eigenvalue weighted by molar-refractivity contribution is 5.00. The molecule has 14 heavy (non-hydrogen) atoms. The van der Waals surface area contributed by atoms with Gasteiger partial charge in [-0.1, -0.05) is 13.0 Å². The number of aromatic nitrogens is 2. The monoisotopic (exact) mass is 190 g/mol. The van der Waals surface area contributed by atoms with Crippen molar-refractivity contribution in [1.82, 2.24) is 9.55 Å². The minimum Gasteiger partial charge on any atom is -0.331 e. The van der Waals surface area contributed by atoms with E-state index in [4.69, 9.17) is 0 Å². The van der Waals surface area contributed by atoms with Crippen LogP contribution in [0.4, 0.5) is 0 Å². The van der Waals surface area contributed by atoms with E-state index in [9.17, 15) is 0 Å². The smallest absolute Gasteiger partial charge is 0.0951 e. The molecule has 1 fully saturated rings. The van der Waals surface area contributed by atoms with Gasteiger partial charge in [-0.15, -0.1) is 6.58 Å². The normalized spacial score (nSPS) is 31.9. The predicted molar refractivity (Wildman–Crippen MR) is 58.0 cm³/mol. The Morgan fingerprint density at radius 3 is 3.07 bits per heavy atom. The lowest BCUT2D eigenvalue weighted by Crippen LogP contribution is -2.29. The standard InChI is InChI=1S/C12H18N2/c1-3-5-12(6-4-11(2)9-12)14-8-7-13-10-14/h3,7-8,10-11H,1,4-6,9H2,2H3. The highest BCUT2D eigenvalue weighted by Crippen LogP contribution is 2.42. The summed E-state index contributed by atoms with van der Waals surface area (Å²) in [6, 6.07) is 0. The predicted octanol–water partition coefficient (Wildman–Crippen LogP) is 2.97. The summed E-state index contributed by atoms with van der Waals surface area (Å²) in [5, 5.41) is 0. The Bertz CT molecular complexity index is 302. The van der Waals surface area contributed by atoms with Crippen LogP contribution in [0.5, 0.6) is 0 Å².